The molecule has 0 bridgehead atoms. The summed E-state index contributed by atoms with van der Waals surface area (Å²) in [5, 5.41) is 18.5. The van der Waals surface area contributed by atoms with Crippen LogP contribution in [0, 0.1) is 13.8 Å². The lowest BCUT2D eigenvalue weighted by Crippen LogP contribution is -2.25. The maximum atomic E-state index is 13.0. The van der Waals surface area contributed by atoms with E-state index in [9.17, 15) is 10.0 Å². The number of nitrogens with two attached hydrogens (primary N) is 1. The molecule has 0 fully saturated rings. The SMILES string of the molecule is CCCN(Cc1ccccc1)c1cc(NC(=O)Nc2ccc(C)cc2)cc(-c2cc(C)ccc2C(N)=NO)n1. The molecule has 0 radical (unpaired) electrons. The van der Waals surface area contributed by atoms with Crippen molar-refractivity contribution < 1.29 is 10.0 Å². The second-order valence-electron chi connectivity index (χ2n) is 9.49. The van der Waals surface area contributed by atoms with Crippen LogP contribution in [-0.2, 0) is 6.54 Å². The van der Waals surface area contributed by atoms with Gasteiger partial charge in [0.25, 0.3) is 0 Å². The van der Waals surface area contributed by atoms with E-state index in [2.05, 4.69) is 39.7 Å². The van der Waals surface area contributed by atoms with Crippen LogP contribution in [0.15, 0.2) is 90.1 Å². The van der Waals surface area contributed by atoms with Crippen molar-refractivity contribution in [3.63, 3.8) is 0 Å². The Bertz CT molecular complexity index is 1450. The summed E-state index contributed by atoms with van der Waals surface area (Å²) in [6, 6.07) is 26.7. The smallest absolute Gasteiger partial charge is 0.323 e. The van der Waals surface area contributed by atoms with E-state index in [4.69, 9.17) is 10.7 Å². The number of benzene rings is 3. The monoisotopic (exact) mass is 522 g/mol. The van der Waals surface area contributed by atoms with Crippen LogP contribution in [0.3, 0.4) is 0 Å². The van der Waals surface area contributed by atoms with Gasteiger partial charge in [-0.1, -0.05) is 77.8 Å². The van der Waals surface area contributed by atoms with Crippen LogP contribution in [0.4, 0.5) is 22.0 Å². The van der Waals surface area contributed by atoms with Crippen LogP contribution < -0.4 is 21.3 Å². The van der Waals surface area contributed by atoms with Gasteiger partial charge in [-0.15, -0.1) is 0 Å². The fourth-order valence-corrected chi connectivity index (χ4v) is 4.31. The highest BCUT2D eigenvalue weighted by atomic mass is 16.4. The van der Waals surface area contributed by atoms with Crippen LogP contribution >= 0.6 is 0 Å². The Morgan fingerprint density at radius 1 is 0.923 bits per heavy atom. The molecule has 0 saturated carbocycles. The zero-order valence-corrected chi connectivity index (χ0v) is 22.5. The first kappa shape index (κ1) is 27.2. The van der Waals surface area contributed by atoms with Crippen molar-refractivity contribution >= 4 is 29.1 Å². The second-order valence-corrected chi connectivity index (χ2v) is 9.49. The Kier molecular flexibility index (Phi) is 8.78. The van der Waals surface area contributed by atoms with E-state index in [-0.39, 0.29) is 11.9 Å². The van der Waals surface area contributed by atoms with Gasteiger partial charge in [0, 0.05) is 41.7 Å². The van der Waals surface area contributed by atoms with Crippen molar-refractivity contribution in [3.05, 3.63) is 107 Å². The standard InChI is InChI=1S/C31H34N6O2/c1-4-16-37(20-23-8-6-5-7-9-23)29-19-25(34-31(38)33-24-13-10-21(2)11-14-24)18-28(35-29)27-17-22(3)12-15-26(27)30(32)36-39/h5-15,17-19,39H,4,16,20H2,1-3H3,(H2,32,36)(H2,33,34,35,38). The molecule has 5 N–H and O–H groups in total. The number of aromatic nitrogens is 1. The average molecular weight is 523 g/mol. The van der Waals surface area contributed by atoms with E-state index in [0.717, 1.165) is 29.7 Å². The minimum Gasteiger partial charge on any atom is -0.409 e. The molecule has 8 heteroatoms. The number of pyridine rings is 1. The van der Waals surface area contributed by atoms with Gasteiger partial charge in [0.15, 0.2) is 5.84 Å². The average Bonchev–Trinajstić information content (AvgIpc) is 2.94. The van der Waals surface area contributed by atoms with Crippen LogP contribution in [0.5, 0.6) is 0 Å². The molecule has 39 heavy (non-hydrogen) atoms. The van der Waals surface area contributed by atoms with Crippen LogP contribution in [0.2, 0.25) is 0 Å². The number of anilines is 3. The Labute approximate surface area is 229 Å². The summed E-state index contributed by atoms with van der Waals surface area (Å²) in [5.74, 6) is 0.689. The predicted molar refractivity (Wildman–Crippen MR) is 159 cm³/mol. The maximum absolute atomic E-state index is 13.0. The van der Waals surface area contributed by atoms with Crippen LogP contribution in [0.1, 0.15) is 35.6 Å². The van der Waals surface area contributed by atoms with Gasteiger partial charge in [-0.25, -0.2) is 9.78 Å². The van der Waals surface area contributed by atoms with Gasteiger partial charge in [-0.2, -0.15) is 0 Å². The van der Waals surface area contributed by atoms with Gasteiger partial charge in [-0.05, 0) is 50.1 Å². The van der Waals surface area contributed by atoms with Gasteiger partial charge in [0.05, 0.1) is 5.69 Å². The number of nitrogens with one attached hydrogen (secondary N) is 2. The quantitative estimate of drug-likeness (QED) is 0.0864. The molecule has 4 aromatic rings. The summed E-state index contributed by atoms with van der Waals surface area (Å²) in [7, 11) is 0. The molecular formula is C31H34N6O2. The van der Waals surface area contributed by atoms with E-state index in [1.807, 2.05) is 74.5 Å². The van der Waals surface area contributed by atoms with E-state index >= 15 is 0 Å². The summed E-state index contributed by atoms with van der Waals surface area (Å²) in [5.41, 5.74) is 12.4. The van der Waals surface area contributed by atoms with Gasteiger partial charge >= 0.3 is 6.03 Å². The number of urea groups is 1. The number of oxime groups is 1. The molecular weight excluding hydrogens is 488 g/mol. The normalized spacial score (nSPS) is 11.2. The number of nitrogens with zero attached hydrogens (tertiary/aromatic N) is 3. The molecule has 3 aromatic carbocycles. The summed E-state index contributed by atoms with van der Waals surface area (Å²) in [6.45, 7) is 7.50. The van der Waals surface area contributed by atoms with E-state index < -0.39 is 0 Å². The highest BCUT2D eigenvalue weighted by Gasteiger charge is 2.17. The molecule has 0 aliphatic rings. The fraction of sp³-hybridized carbons (Fsp3) is 0.194. The number of aryl methyl sites for hydroxylation is 2. The molecule has 0 aliphatic carbocycles. The topological polar surface area (TPSA) is 116 Å². The van der Waals surface area contributed by atoms with Crippen molar-refractivity contribution in [2.75, 3.05) is 22.1 Å². The minimum absolute atomic E-state index is 0.0153. The number of carbonyl (C=O) groups excluding carboxylic acids is 1. The molecule has 0 unspecified atom stereocenters. The Morgan fingerprint density at radius 2 is 1.62 bits per heavy atom. The Hall–Kier alpha value is -4.85. The molecule has 0 aliphatic heterocycles. The largest absolute Gasteiger partial charge is 0.409 e. The lowest BCUT2D eigenvalue weighted by Gasteiger charge is -2.25. The van der Waals surface area contributed by atoms with Crippen molar-refractivity contribution in [1.82, 2.24) is 4.98 Å². The van der Waals surface area contributed by atoms with E-state index in [0.29, 0.717) is 40.6 Å². The molecule has 0 spiro atoms. The highest BCUT2D eigenvalue weighted by molar-refractivity contribution is 6.04. The number of amidine groups is 1. The first-order chi connectivity index (χ1) is 18.9. The summed E-state index contributed by atoms with van der Waals surface area (Å²) in [6.07, 6.45) is 0.912. The van der Waals surface area contributed by atoms with Crippen molar-refractivity contribution in [2.45, 2.75) is 33.7 Å². The van der Waals surface area contributed by atoms with Crippen molar-refractivity contribution in [2.24, 2.45) is 10.9 Å². The zero-order valence-electron chi connectivity index (χ0n) is 22.5. The van der Waals surface area contributed by atoms with E-state index in [1.165, 1.54) is 0 Å². The summed E-state index contributed by atoms with van der Waals surface area (Å²) in [4.78, 5) is 20.1. The Balaban J connectivity index is 1.77. The number of amides is 2. The fourth-order valence-electron chi connectivity index (χ4n) is 4.31. The second kappa shape index (κ2) is 12.6. The number of rotatable bonds is 9. The number of carbonyl (C=O) groups is 1. The molecule has 4 rings (SSSR count). The lowest BCUT2D eigenvalue weighted by atomic mass is 10.00. The Morgan fingerprint density at radius 3 is 2.31 bits per heavy atom. The first-order valence-electron chi connectivity index (χ1n) is 12.9. The highest BCUT2D eigenvalue weighted by Crippen LogP contribution is 2.30. The number of hydrogen-bond donors (Lipinski definition) is 4. The molecule has 0 saturated heterocycles. The lowest BCUT2D eigenvalue weighted by molar-refractivity contribution is 0.262. The third-order valence-electron chi connectivity index (χ3n) is 6.25. The van der Waals surface area contributed by atoms with Crippen LogP contribution in [-0.4, -0.2) is 28.6 Å². The third-order valence-corrected chi connectivity index (χ3v) is 6.25. The number of hydrogen-bond acceptors (Lipinski definition) is 5. The first-order valence-corrected chi connectivity index (χ1v) is 12.9. The summed E-state index contributed by atoms with van der Waals surface area (Å²) < 4.78 is 0. The van der Waals surface area contributed by atoms with Crippen molar-refractivity contribution in [3.8, 4) is 11.3 Å². The molecule has 1 heterocycles. The molecule has 200 valence electrons. The zero-order chi connectivity index (χ0) is 27.8. The molecule has 0 atom stereocenters. The third kappa shape index (κ3) is 7.13. The van der Waals surface area contributed by atoms with Gasteiger partial charge < -0.3 is 26.5 Å². The van der Waals surface area contributed by atoms with Crippen LogP contribution in [0.25, 0.3) is 11.3 Å². The summed E-state index contributed by atoms with van der Waals surface area (Å²) >= 11 is 0. The molecule has 2 amide bonds. The molecule has 8 nitrogen and oxygen atoms in total. The van der Waals surface area contributed by atoms with Gasteiger partial charge in [0.1, 0.15) is 5.82 Å². The van der Waals surface area contributed by atoms with Gasteiger partial charge in [-0.3, -0.25) is 0 Å². The maximum Gasteiger partial charge on any atom is 0.323 e. The van der Waals surface area contributed by atoms with Crippen molar-refractivity contribution in [1.29, 1.82) is 0 Å². The van der Waals surface area contributed by atoms with Gasteiger partial charge in [0.2, 0.25) is 0 Å². The predicted octanol–water partition coefficient (Wildman–Crippen LogP) is 6.52. The molecule has 1 aromatic heterocycles. The minimum atomic E-state index is -0.368. The van der Waals surface area contributed by atoms with E-state index in [1.54, 1.807) is 12.1 Å².